The molecule has 0 fully saturated rings. The number of nitrogens with one attached hydrogen (secondary N) is 2. The molecule has 0 aliphatic heterocycles. The Bertz CT molecular complexity index is 791. The third-order valence-electron chi connectivity index (χ3n) is 2.86. The smallest absolute Gasteiger partial charge is 0.350 e. The summed E-state index contributed by atoms with van der Waals surface area (Å²) in [5.41, 5.74) is 5.36. The van der Waals surface area contributed by atoms with Gasteiger partial charge in [-0.1, -0.05) is 12.1 Å². The Labute approximate surface area is 150 Å². The third-order valence-corrected chi connectivity index (χ3v) is 4.60. The Balaban J connectivity index is 1.81. The predicted molar refractivity (Wildman–Crippen MR) is 91.6 cm³/mol. The number of benzene rings is 1. The summed E-state index contributed by atoms with van der Waals surface area (Å²) < 4.78 is 5.50. The van der Waals surface area contributed by atoms with Crippen molar-refractivity contribution in [3.8, 4) is 0 Å². The summed E-state index contributed by atoms with van der Waals surface area (Å²) >= 11 is 4.44. The van der Waals surface area contributed by atoms with E-state index in [4.69, 9.17) is 4.74 Å². The lowest BCUT2D eigenvalue weighted by atomic mass is 10.2. The number of nitrogens with zero attached hydrogens (tertiary/aromatic N) is 1. The number of thiazole rings is 1. The van der Waals surface area contributed by atoms with Gasteiger partial charge >= 0.3 is 5.97 Å². The molecular weight excluding hydrogens is 398 g/mol. The molecule has 0 spiro atoms. The first kappa shape index (κ1) is 18.1. The number of ether oxygens (including phenoxy) is 1. The van der Waals surface area contributed by atoms with Crippen molar-refractivity contribution in [1.29, 1.82) is 0 Å². The molecule has 126 valence electrons. The SMILES string of the molecule is Cc1nc(C)c(C(=O)OCC(=O)NNC(=O)c2ccccc2Br)s1. The van der Waals surface area contributed by atoms with Crippen LogP contribution in [0.4, 0.5) is 0 Å². The van der Waals surface area contributed by atoms with E-state index in [1.54, 1.807) is 38.1 Å². The number of esters is 1. The normalized spacial score (nSPS) is 10.1. The van der Waals surface area contributed by atoms with Gasteiger partial charge < -0.3 is 4.74 Å². The largest absolute Gasteiger partial charge is 0.451 e. The summed E-state index contributed by atoms with van der Waals surface area (Å²) in [6.07, 6.45) is 0. The van der Waals surface area contributed by atoms with Gasteiger partial charge in [-0.05, 0) is 41.9 Å². The van der Waals surface area contributed by atoms with Gasteiger partial charge in [-0.15, -0.1) is 11.3 Å². The molecule has 2 rings (SSSR count). The monoisotopic (exact) mass is 411 g/mol. The molecule has 0 radical (unpaired) electrons. The first-order chi connectivity index (χ1) is 11.4. The Hall–Kier alpha value is -2.26. The molecule has 0 aliphatic carbocycles. The van der Waals surface area contributed by atoms with Crippen molar-refractivity contribution in [3.05, 3.63) is 49.9 Å². The van der Waals surface area contributed by atoms with Crippen molar-refractivity contribution in [2.24, 2.45) is 0 Å². The van der Waals surface area contributed by atoms with Crippen LogP contribution in [0.5, 0.6) is 0 Å². The second-order valence-corrected chi connectivity index (χ2v) is 6.76. The van der Waals surface area contributed by atoms with Crippen LogP contribution in [0.1, 0.15) is 30.7 Å². The van der Waals surface area contributed by atoms with Crippen molar-refractivity contribution in [1.82, 2.24) is 15.8 Å². The van der Waals surface area contributed by atoms with Crippen molar-refractivity contribution in [2.75, 3.05) is 6.61 Å². The zero-order valence-corrected chi connectivity index (χ0v) is 15.3. The Morgan fingerprint density at radius 1 is 1.21 bits per heavy atom. The van der Waals surface area contributed by atoms with Gasteiger partial charge in [-0.3, -0.25) is 20.4 Å². The van der Waals surface area contributed by atoms with E-state index in [9.17, 15) is 14.4 Å². The fourth-order valence-electron chi connectivity index (χ4n) is 1.79. The number of rotatable bonds is 4. The quantitative estimate of drug-likeness (QED) is 0.593. The number of carbonyl (C=O) groups excluding carboxylic acids is 3. The second-order valence-electron chi connectivity index (χ2n) is 4.71. The molecule has 1 aromatic carbocycles. The van der Waals surface area contributed by atoms with E-state index in [-0.39, 0.29) is 0 Å². The Morgan fingerprint density at radius 3 is 2.54 bits per heavy atom. The molecule has 9 heteroatoms. The summed E-state index contributed by atoms with van der Waals surface area (Å²) in [6, 6.07) is 6.77. The van der Waals surface area contributed by atoms with E-state index in [0.717, 1.165) is 5.01 Å². The fraction of sp³-hybridized carbons (Fsp3) is 0.200. The lowest BCUT2D eigenvalue weighted by molar-refractivity contribution is -0.125. The van der Waals surface area contributed by atoms with Crippen molar-refractivity contribution in [2.45, 2.75) is 13.8 Å². The van der Waals surface area contributed by atoms with Crippen LogP contribution in [-0.4, -0.2) is 29.4 Å². The van der Waals surface area contributed by atoms with Crippen LogP contribution in [0.15, 0.2) is 28.7 Å². The molecule has 0 aliphatic rings. The molecule has 2 aromatic rings. The maximum atomic E-state index is 11.9. The van der Waals surface area contributed by atoms with E-state index < -0.39 is 24.4 Å². The van der Waals surface area contributed by atoms with Gasteiger partial charge in [-0.2, -0.15) is 0 Å². The number of aryl methyl sites for hydroxylation is 2. The van der Waals surface area contributed by atoms with Crippen LogP contribution >= 0.6 is 27.3 Å². The number of hydrazine groups is 1. The highest BCUT2D eigenvalue weighted by Crippen LogP contribution is 2.18. The molecule has 24 heavy (non-hydrogen) atoms. The van der Waals surface area contributed by atoms with E-state index in [1.165, 1.54) is 11.3 Å². The number of amides is 2. The molecule has 1 aromatic heterocycles. The Kier molecular flexibility index (Phi) is 6.04. The minimum absolute atomic E-state index is 0.359. The van der Waals surface area contributed by atoms with Gasteiger partial charge in [-0.25, -0.2) is 9.78 Å². The van der Waals surface area contributed by atoms with Gasteiger partial charge in [0.1, 0.15) is 4.88 Å². The molecule has 0 unspecified atom stereocenters. The van der Waals surface area contributed by atoms with Crippen LogP contribution in [0.3, 0.4) is 0 Å². The molecule has 0 saturated carbocycles. The van der Waals surface area contributed by atoms with Crippen LogP contribution in [-0.2, 0) is 9.53 Å². The predicted octanol–water partition coefficient (Wildman–Crippen LogP) is 2.14. The molecule has 2 amide bonds. The molecular formula is C15H14BrN3O4S. The minimum Gasteiger partial charge on any atom is -0.451 e. The van der Waals surface area contributed by atoms with Crippen LogP contribution in [0.2, 0.25) is 0 Å². The summed E-state index contributed by atoms with van der Waals surface area (Å²) in [4.78, 5) is 39.9. The molecule has 0 atom stereocenters. The van der Waals surface area contributed by atoms with Gasteiger partial charge in [0, 0.05) is 4.47 Å². The van der Waals surface area contributed by atoms with E-state index in [1.807, 2.05) is 0 Å². The zero-order chi connectivity index (χ0) is 17.7. The maximum absolute atomic E-state index is 11.9. The van der Waals surface area contributed by atoms with Crippen LogP contribution in [0.25, 0.3) is 0 Å². The van der Waals surface area contributed by atoms with E-state index in [0.29, 0.717) is 20.6 Å². The van der Waals surface area contributed by atoms with E-state index in [2.05, 4.69) is 31.8 Å². The fourth-order valence-corrected chi connectivity index (χ4v) is 3.07. The molecule has 7 nitrogen and oxygen atoms in total. The average Bonchev–Trinajstić information content (AvgIpc) is 2.89. The Morgan fingerprint density at radius 2 is 1.92 bits per heavy atom. The highest BCUT2D eigenvalue weighted by molar-refractivity contribution is 9.10. The number of hydrogen-bond donors (Lipinski definition) is 2. The summed E-state index contributed by atoms with van der Waals surface area (Å²) in [5.74, 6) is -1.76. The van der Waals surface area contributed by atoms with Crippen molar-refractivity contribution in [3.63, 3.8) is 0 Å². The topological polar surface area (TPSA) is 97.4 Å². The second kappa shape index (κ2) is 8.02. The first-order valence-electron chi connectivity index (χ1n) is 6.83. The van der Waals surface area contributed by atoms with Gasteiger partial charge in [0.05, 0.1) is 16.3 Å². The van der Waals surface area contributed by atoms with Gasteiger partial charge in [0.25, 0.3) is 11.8 Å². The first-order valence-corrected chi connectivity index (χ1v) is 8.44. The highest BCUT2D eigenvalue weighted by Gasteiger charge is 2.17. The van der Waals surface area contributed by atoms with Crippen molar-refractivity contribution >= 4 is 45.1 Å². The van der Waals surface area contributed by atoms with E-state index >= 15 is 0 Å². The molecule has 1 heterocycles. The number of halogens is 1. The van der Waals surface area contributed by atoms with Gasteiger partial charge in [0.15, 0.2) is 6.61 Å². The zero-order valence-electron chi connectivity index (χ0n) is 12.9. The molecule has 0 bridgehead atoms. The number of hydrogen-bond acceptors (Lipinski definition) is 6. The summed E-state index contributed by atoms with van der Waals surface area (Å²) in [7, 11) is 0. The van der Waals surface area contributed by atoms with Gasteiger partial charge in [0.2, 0.25) is 0 Å². The van der Waals surface area contributed by atoms with Crippen molar-refractivity contribution < 1.29 is 19.1 Å². The number of carbonyl (C=O) groups is 3. The standard InChI is InChI=1S/C15H14BrN3O4S/c1-8-13(24-9(2)17-8)15(22)23-7-12(20)18-19-14(21)10-5-3-4-6-11(10)16/h3-6H,7H2,1-2H3,(H,18,20)(H,19,21). The highest BCUT2D eigenvalue weighted by atomic mass is 79.9. The lowest BCUT2D eigenvalue weighted by Gasteiger charge is -2.08. The van der Waals surface area contributed by atoms with Crippen LogP contribution in [0, 0.1) is 13.8 Å². The molecule has 2 N–H and O–H groups in total. The lowest BCUT2D eigenvalue weighted by Crippen LogP contribution is -2.43. The summed E-state index contributed by atoms with van der Waals surface area (Å²) in [6.45, 7) is 2.96. The molecule has 0 saturated heterocycles. The maximum Gasteiger partial charge on any atom is 0.350 e. The van der Waals surface area contributed by atoms with Crippen LogP contribution < -0.4 is 10.9 Å². The average molecular weight is 412 g/mol. The number of aromatic nitrogens is 1. The third kappa shape index (κ3) is 4.62. The minimum atomic E-state index is -0.650. The summed E-state index contributed by atoms with van der Waals surface area (Å²) in [5, 5.41) is 0.740.